The Morgan fingerprint density at radius 1 is 1.09 bits per heavy atom. The molecule has 2 N–H and O–H groups in total. The highest BCUT2D eigenvalue weighted by atomic mass is 19.1. The number of aromatic nitrogens is 4. The second-order valence-electron chi connectivity index (χ2n) is 8.85. The number of aliphatic carboxylic acids is 1. The maximum Gasteiger partial charge on any atom is 0.303 e. The Kier molecular flexibility index (Phi) is 5.96. The molecule has 174 valence electrons. The molecule has 3 heterocycles. The van der Waals surface area contributed by atoms with Crippen molar-refractivity contribution in [2.24, 2.45) is 5.92 Å². The summed E-state index contributed by atoms with van der Waals surface area (Å²) in [5.41, 5.74) is 4.05. The van der Waals surface area contributed by atoms with E-state index in [0.29, 0.717) is 28.5 Å². The normalized spacial score (nSPS) is 18.2. The summed E-state index contributed by atoms with van der Waals surface area (Å²) in [6.45, 7) is 1.89. The number of hydrogen-bond donors (Lipinski definition) is 2. The number of carboxylic acid groups (broad SMARTS) is 1. The second-order valence-corrected chi connectivity index (χ2v) is 8.85. The molecule has 0 saturated heterocycles. The number of nitrogens with one attached hydrogen (secondary N) is 1. The van der Waals surface area contributed by atoms with E-state index in [-0.39, 0.29) is 24.3 Å². The van der Waals surface area contributed by atoms with Crippen LogP contribution in [-0.2, 0) is 4.79 Å². The van der Waals surface area contributed by atoms with Crippen LogP contribution in [0.4, 0.5) is 4.39 Å². The van der Waals surface area contributed by atoms with Crippen LogP contribution in [0.1, 0.15) is 37.8 Å². The van der Waals surface area contributed by atoms with Gasteiger partial charge in [-0.05, 0) is 74.4 Å². The molecule has 1 saturated carbocycles. The molecule has 4 aromatic rings. The Morgan fingerprint density at radius 2 is 1.88 bits per heavy atom. The van der Waals surface area contributed by atoms with Crippen LogP contribution < -0.4 is 4.74 Å². The maximum absolute atomic E-state index is 15.0. The average Bonchev–Trinajstić information content (AvgIpc) is 3.23. The van der Waals surface area contributed by atoms with Gasteiger partial charge in [-0.3, -0.25) is 4.79 Å². The van der Waals surface area contributed by atoms with E-state index in [9.17, 15) is 9.18 Å². The number of halogens is 1. The maximum atomic E-state index is 15.0. The standard InChI is InChI=1S/C26H25FN4O3/c1-15-2-10-22-26(29-15)31-25(30-22)20-9-5-17(13-21(20)27)18-6-11-23(28-14-18)34-19-7-3-16(4-8-19)12-24(32)33/h2,5-6,9-11,13-14,16,19H,3-4,7-8,12H2,1H3,(H,32,33)(H,29,30,31)/t16-,19+. The van der Waals surface area contributed by atoms with Gasteiger partial charge in [-0.1, -0.05) is 6.07 Å². The number of nitrogens with zero attached hydrogens (tertiary/aromatic N) is 3. The first-order valence-electron chi connectivity index (χ1n) is 11.4. The summed E-state index contributed by atoms with van der Waals surface area (Å²) in [6.07, 6.45) is 5.29. The highest BCUT2D eigenvalue weighted by Gasteiger charge is 2.24. The van der Waals surface area contributed by atoms with Gasteiger partial charge in [0.1, 0.15) is 17.7 Å². The molecule has 7 nitrogen and oxygen atoms in total. The van der Waals surface area contributed by atoms with E-state index in [1.807, 2.05) is 31.2 Å². The molecule has 34 heavy (non-hydrogen) atoms. The topological polar surface area (TPSA) is 101 Å². The lowest BCUT2D eigenvalue weighted by atomic mass is 9.85. The zero-order valence-corrected chi connectivity index (χ0v) is 18.8. The third-order valence-corrected chi connectivity index (χ3v) is 6.32. The molecule has 5 rings (SSSR count). The molecule has 0 bridgehead atoms. The van der Waals surface area contributed by atoms with E-state index in [0.717, 1.165) is 42.5 Å². The Labute approximate surface area is 196 Å². The third-order valence-electron chi connectivity index (χ3n) is 6.32. The van der Waals surface area contributed by atoms with E-state index in [1.165, 1.54) is 6.07 Å². The summed E-state index contributed by atoms with van der Waals surface area (Å²) in [5, 5.41) is 8.94. The number of aromatic amines is 1. The first kappa shape index (κ1) is 22.0. The number of aryl methyl sites for hydroxylation is 1. The minimum Gasteiger partial charge on any atom is -0.481 e. The molecule has 0 atom stereocenters. The molecule has 1 fully saturated rings. The zero-order chi connectivity index (χ0) is 23.7. The Morgan fingerprint density at radius 3 is 2.59 bits per heavy atom. The molecule has 1 aromatic carbocycles. The summed E-state index contributed by atoms with van der Waals surface area (Å²) < 4.78 is 21.0. The molecular formula is C26H25FN4O3. The number of fused-ring (bicyclic) bond motifs is 1. The fourth-order valence-electron chi connectivity index (χ4n) is 4.49. The monoisotopic (exact) mass is 460 g/mol. The van der Waals surface area contributed by atoms with Crippen molar-refractivity contribution < 1.29 is 19.0 Å². The van der Waals surface area contributed by atoms with E-state index in [1.54, 1.807) is 18.3 Å². The quantitative estimate of drug-likeness (QED) is 0.391. The Bertz CT molecular complexity index is 1330. The predicted molar refractivity (Wildman–Crippen MR) is 126 cm³/mol. The van der Waals surface area contributed by atoms with Crippen molar-refractivity contribution in [2.45, 2.75) is 45.1 Å². The number of benzene rings is 1. The van der Waals surface area contributed by atoms with Crippen molar-refractivity contribution in [3.63, 3.8) is 0 Å². The number of pyridine rings is 2. The van der Waals surface area contributed by atoms with Crippen molar-refractivity contribution in [1.29, 1.82) is 0 Å². The Hall–Kier alpha value is -3.81. The second kappa shape index (κ2) is 9.21. The summed E-state index contributed by atoms with van der Waals surface area (Å²) in [5.74, 6) is 0.0673. The van der Waals surface area contributed by atoms with Crippen molar-refractivity contribution in [1.82, 2.24) is 19.9 Å². The fourth-order valence-corrected chi connectivity index (χ4v) is 4.49. The van der Waals surface area contributed by atoms with Gasteiger partial charge in [0, 0.05) is 29.9 Å². The highest BCUT2D eigenvalue weighted by Crippen LogP contribution is 2.31. The van der Waals surface area contributed by atoms with Crippen LogP contribution in [-0.4, -0.2) is 37.1 Å². The summed E-state index contributed by atoms with van der Waals surface area (Å²) >= 11 is 0. The van der Waals surface area contributed by atoms with E-state index < -0.39 is 5.97 Å². The van der Waals surface area contributed by atoms with Gasteiger partial charge >= 0.3 is 5.97 Å². The largest absolute Gasteiger partial charge is 0.481 e. The molecule has 1 aliphatic carbocycles. The summed E-state index contributed by atoms with van der Waals surface area (Å²) in [4.78, 5) is 27.2. The van der Waals surface area contributed by atoms with Gasteiger partial charge in [-0.15, -0.1) is 0 Å². The van der Waals surface area contributed by atoms with Crippen LogP contribution in [0.15, 0.2) is 48.7 Å². The molecule has 0 aliphatic heterocycles. The van der Waals surface area contributed by atoms with Gasteiger partial charge in [0.25, 0.3) is 0 Å². The van der Waals surface area contributed by atoms with Gasteiger partial charge in [0.15, 0.2) is 5.65 Å². The Balaban J connectivity index is 1.26. The predicted octanol–water partition coefficient (Wildman–Crippen LogP) is 5.55. The molecule has 8 heteroatoms. The average molecular weight is 461 g/mol. The molecule has 0 unspecified atom stereocenters. The lowest BCUT2D eigenvalue weighted by Crippen LogP contribution is -2.25. The van der Waals surface area contributed by atoms with Crippen LogP contribution in [0.3, 0.4) is 0 Å². The summed E-state index contributed by atoms with van der Waals surface area (Å²) in [6, 6.07) is 12.4. The van der Waals surface area contributed by atoms with E-state index in [4.69, 9.17) is 9.84 Å². The highest BCUT2D eigenvalue weighted by molar-refractivity contribution is 5.77. The zero-order valence-electron chi connectivity index (χ0n) is 18.8. The lowest BCUT2D eigenvalue weighted by Gasteiger charge is -2.27. The van der Waals surface area contributed by atoms with Gasteiger partial charge in [-0.2, -0.15) is 0 Å². The van der Waals surface area contributed by atoms with Gasteiger partial charge < -0.3 is 14.8 Å². The first-order valence-corrected chi connectivity index (χ1v) is 11.4. The molecule has 1 aliphatic rings. The number of carbonyl (C=O) groups is 1. The molecule has 3 aromatic heterocycles. The number of H-pyrrole nitrogens is 1. The smallest absolute Gasteiger partial charge is 0.303 e. The van der Waals surface area contributed by atoms with Crippen LogP contribution >= 0.6 is 0 Å². The van der Waals surface area contributed by atoms with Crippen molar-refractivity contribution in [2.75, 3.05) is 0 Å². The number of hydrogen-bond acceptors (Lipinski definition) is 5. The number of rotatable bonds is 6. The van der Waals surface area contributed by atoms with Gasteiger partial charge in [0.05, 0.1) is 11.1 Å². The summed E-state index contributed by atoms with van der Waals surface area (Å²) in [7, 11) is 0. The third kappa shape index (κ3) is 4.76. The lowest BCUT2D eigenvalue weighted by molar-refractivity contribution is -0.138. The minimum atomic E-state index is -0.740. The van der Waals surface area contributed by atoms with Crippen LogP contribution in [0.5, 0.6) is 5.88 Å². The molecular weight excluding hydrogens is 435 g/mol. The van der Waals surface area contributed by atoms with Crippen LogP contribution in [0, 0.1) is 18.7 Å². The van der Waals surface area contributed by atoms with Crippen molar-refractivity contribution in [3.05, 3.63) is 60.2 Å². The minimum absolute atomic E-state index is 0.0437. The van der Waals surface area contributed by atoms with Crippen molar-refractivity contribution in [3.8, 4) is 28.4 Å². The molecule has 0 amide bonds. The molecule has 0 spiro atoms. The van der Waals surface area contributed by atoms with Crippen molar-refractivity contribution >= 4 is 17.1 Å². The first-order chi connectivity index (χ1) is 16.4. The van der Waals surface area contributed by atoms with E-state index >= 15 is 0 Å². The van der Waals surface area contributed by atoms with Gasteiger partial charge in [-0.25, -0.2) is 19.3 Å². The van der Waals surface area contributed by atoms with E-state index in [2.05, 4.69) is 19.9 Å². The van der Waals surface area contributed by atoms with Crippen LogP contribution in [0.2, 0.25) is 0 Å². The SMILES string of the molecule is Cc1ccc2[nH]c(-c3ccc(-c4ccc(O[C@H]5CC[C@@H](CC(=O)O)CC5)nc4)cc3F)nc2n1. The number of imidazole rings is 1. The number of ether oxygens (including phenoxy) is 1. The van der Waals surface area contributed by atoms with Crippen LogP contribution in [0.25, 0.3) is 33.7 Å². The van der Waals surface area contributed by atoms with Gasteiger partial charge in [0.2, 0.25) is 5.88 Å². The fraction of sp³-hybridized carbons (Fsp3) is 0.308. The number of carboxylic acids is 1. The molecule has 0 radical (unpaired) electrons.